The SMILES string of the molecule is Cc1nc(CCN2CCCCCC2=O)n(-c2ccc3c(c2)OCCO3)n1. The molecule has 0 N–H and O–H groups in total. The fraction of sp³-hybridized carbons (Fsp3) is 0.526. The van der Waals surface area contributed by atoms with Crippen molar-refractivity contribution in [2.24, 2.45) is 0 Å². The van der Waals surface area contributed by atoms with Gasteiger partial charge in [0.2, 0.25) is 5.91 Å². The Kier molecular flexibility index (Phi) is 4.77. The standard InChI is InChI=1S/C19H24N4O3/c1-14-20-18(8-10-22-9-4-2-3-5-19(22)24)23(21-14)15-6-7-16-17(13-15)26-12-11-25-16/h6-7,13H,2-5,8-12H2,1H3. The van der Waals surface area contributed by atoms with Crippen molar-refractivity contribution in [2.75, 3.05) is 26.3 Å². The van der Waals surface area contributed by atoms with Crippen LogP contribution in [0.2, 0.25) is 0 Å². The summed E-state index contributed by atoms with van der Waals surface area (Å²) in [4.78, 5) is 18.7. The number of aromatic nitrogens is 3. The maximum Gasteiger partial charge on any atom is 0.222 e. The highest BCUT2D eigenvalue weighted by Gasteiger charge is 2.19. The van der Waals surface area contributed by atoms with Gasteiger partial charge in [0.05, 0.1) is 5.69 Å². The summed E-state index contributed by atoms with van der Waals surface area (Å²) in [5.74, 6) is 3.32. The Balaban J connectivity index is 1.54. The first-order chi connectivity index (χ1) is 12.7. The molecule has 0 unspecified atom stereocenters. The predicted molar refractivity (Wildman–Crippen MR) is 95.8 cm³/mol. The average molecular weight is 356 g/mol. The number of amides is 1. The van der Waals surface area contributed by atoms with E-state index in [9.17, 15) is 4.79 Å². The van der Waals surface area contributed by atoms with Gasteiger partial charge in [0.1, 0.15) is 24.9 Å². The van der Waals surface area contributed by atoms with Crippen molar-refractivity contribution in [3.05, 3.63) is 29.8 Å². The van der Waals surface area contributed by atoms with Crippen LogP contribution in [-0.4, -0.2) is 51.9 Å². The third-order valence-electron chi connectivity index (χ3n) is 4.83. The lowest BCUT2D eigenvalue weighted by Gasteiger charge is -2.21. The molecular formula is C19H24N4O3. The number of likely N-dealkylation sites (tertiary alicyclic amines) is 1. The smallest absolute Gasteiger partial charge is 0.222 e. The van der Waals surface area contributed by atoms with Gasteiger partial charge in [-0.2, -0.15) is 5.10 Å². The van der Waals surface area contributed by atoms with E-state index in [0.717, 1.165) is 54.6 Å². The summed E-state index contributed by atoms with van der Waals surface area (Å²) in [6.07, 6.45) is 4.56. The second-order valence-electron chi connectivity index (χ2n) is 6.76. The monoisotopic (exact) mass is 356 g/mol. The molecule has 0 saturated carbocycles. The largest absolute Gasteiger partial charge is 0.486 e. The summed E-state index contributed by atoms with van der Waals surface area (Å²) in [5.41, 5.74) is 0.895. The number of ether oxygens (including phenoxy) is 2. The Hall–Kier alpha value is -2.57. The third kappa shape index (κ3) is 3.52. The van der Waals surface area contributed by atoms with Gasteiger partial charge in [0.15, 0.2) is 11.5 Å². The van der Waals surface area contributed by atoms with Crippen LogP contribution >= 0.6 is 0 Å². The van der Waals surface area contributed by atoms with Crippen LogP contribution in [0, 0.1) is 6.92 Å². The second-order valence-corrected chi connectivity index (χ2v) is 6.76. The number of nitrogens with zero attached hydrogens (tertiary/aromatic N) is 4. The van der Waals surface area contributed by atoms with E-state index in [0.29, 0.717) is 32.6 Å². The molecule has 4 rings (SSSR count). The lowest BCUT2D eigenvalue weighted by atomic mass is 10.2. The Morgan fingerprint density at radius 3 is 2.85 bits per heavy atom. The molecule has 7 nitrogen and oxygen atoms in total. The van der Waals surface area contributed by atoms with Gasteiger partial charge in [-0.3, -0.25) is 4.79 Å². The second kappa shape index (κ2) is 7.35. The first-order valence-electron chi connectivity index (χ1n) is 9.31. The molecule has 0 aliphatic carbocycles. The van der Waals surface area contributed by atoms with Gasteiger partial charge in [-0.15, -0.1) is 0 Å². The summed E-state index contributed by atoms with van der Waals surface area (Å²) in [5, 5.41) is 4.54. The van der Waals surface area contributed by atoms with Gasteiger partial charge in [-0.1, -0.05) is 6.42 Å². The van der Waals surface area contributed by atoms with Crippen LogP contribution in [0.15, 0.2) is 18.2 Å². The van der Waals surface area contributed by atoms with Crippen molar-refractivity contribution in [3.8, 4) is 17.2 Å². The molecule has 1 amide bonds. The third-order valence-corrected chi connectivity index (χ3v) is 4.83. The summed E-state index contributed by atoms with van der Waals surface area (Å²) in [6.45, 7) is 4.53. The fourth-order valence-electron chi connectivity index (χ4n) is 3.50. The van der Waals surface area contributed by atoms with Crippen LogP contribution in [0.5, 0.6) is 11.5 Å². The van der Waals surface area contributed by atoms with Gasteiger partial charge in [-0.25, -0.2) is 9.67 Å². The van der Waals surface area contributed by atoms with E-state index in [2.05, 4.69) is 10.1 Å². The minimum absolute atomic E-state index is 0.254. The lowest BCUT2D eigenvalue weighted by Crippen LogP contribution is -2.32. The number of carbonyl (C=O) groups is 1. The maximum absolute atomic E-state index is 12.2. The summed E-state index contributed by atoms with van der Waals surface area (Å²) in [6, 6.07) is 5.80. The highest BCUT2D eigenvalue weighted by atomic mass is 16.6. The van der Waals surface area contributed by atoms with Gasteiger partial charge >= 0.3 is 0 Å². The number of benzene rings is 1. The van der Waals surface area contributed by atoms with Crippen molar-refractivity contribution < 1.29 is 14.3 Å². The number of rotatable bonds is 4. The molecular weight excluding hydrogens is 332 g/mol. The van der Waals surface area contributed by atoms with E-state index in [1.54, 1.807) is 0 Å². The molecule has 7 heteroatoms. The molecule has 2 aliphatic rings. The van der Waals surface area contributed by atoms with E-state index in [1.165, 1.54) is 0 Å². The first kappa shape index (κ1) is 16.9. The van der Waals surface area contributed by atoms with Crippen LogP contribution in [0.25, 0.3) is 5.69 Å². The normalized spacial score (nSPS) is 17.3. The minimum atomic E-state index is 0.254. The highest BCUT2D eigenvalue weighted by Crippen LogP contribution is 2.32. The number of fused-ring (bicyclic) bond motifs is 1. The molecule has 1 aromatic carbocycles. The van der Waals surface area contributed by atoms with Gasteiger partial charge < -0.3 is 14.4 Å². The van der Waals surface area contributed by atoms with Crippen molar-refractivity contribution in [3.63, 3.8) is 0 Å². The Morgan fingerprint density at radius 2 is 1.96 bits per heavy atom. The molecule has 0 bridgehead atoms. The van der Waals surface area contributed by atoms with Crippen LogP contribution in [0.1, 0.15) is 37.3 Å². The van der Waals surface area contributed by atoms with Gasteiger partial charge in [0.25, 0.3) is 0 Å². The lowest BCUT2D eigenvalue weighted by molar-refractivity contribution is -0.130. The van der Waals surface area contributed by atoms with Crippen LogP contribution in [0.4, 0.5) is 0 Å². The predicted octanol–water partition coefficient (Wildman–Crippen LogP) is 2.29. The minimum Gasteiger partial charge on any atom is -0.486 e. The van der Waals surface area contributed by atoms with Crippen molar-refractivity contribution >= 4 is 5.91 Å². The molecule has 2 aromatic rings. The van der Waals surface area contributed by atoms with E-state index in [4.69, 9.17) is 9.47 Å². The Morgan fingerprint density at radius 1 is 1.12 bits per heavy atom. The maximum atomic E-state index is 12.2. The molecule has 2 aliphatic heterocycles. The summed E-state index contributed by atoms with van der Waals surface area (Å²) < 4.78 is 13.1. The molecule has 1 saturated heterocycles. The zero-order valence-corrected chi connectivity index (χ0v) is 15.1. The molecule has 0 spiro atoms. The van der Waals surface area contributed by atoms with Gasteiger partial charge in [0, 0.05) is 32.0 Å². The Labute approximate surface area is 152 Å². The van der Waals surface area contributed by atoms with E-state index in [-0.39, 0.29) is 5.91 Å². The average Bonchev–Trinajstić information content (AvgIpc) is 2.91. The van der Waals surface area contributed by atoms with E-state index < -0.39 is 0 Å². The van der Waals surface area contributed by atoms with Crippen LogP contribution < -0.4 is 9.47 Å². The number of hydrogen-bond acceptors (Lipinski definition) is 5. The number of hydrogen-bond donors (Lipinski definition) is 0. The summed E-state index contributed by atoms with van der Waals surface area (Å²) in [7, 11) is 0. The number of aryl methyl sites for hydroxylation is 1. The zero-order valence-electron chi connectivity index (χ0n) is 15.1. The van der Waals surface area contributed by atoms with E-state index in [1.807, 2.05) is 34.7 Å². The topological polar surface area (TPSA) is 69.5 Å². The Bertz CT molecular complexity index is 802. The fourth-order valence-corrected chi connectivity index (χ4v) is 3.50. The number of carbonyl (C=O) groups excluding carboxylic acids is 1. The molecule has 26 heavy (non-hydrogen) atoms. The van der Waals surface area contributed by atoms with Crippen LogP contribution in [-0.2, 0) is 11.2 Å². The van der Waals surface area contributed by atoms with Crippen molar-refractivity contribution in [1.82, 2.24) is 19.7 Å². The molecule has 0 atom stereocenters. The van der Waals surface area contributed by atoms with Crippen LogP contribution in [0.3, 0.4) is 0 Å². The van der Waals surface area contributed by atoms with E-state index >= 15 is 0 Å². The van der Waals surface area contributed by atoms with Crippen molar-refractivity contribution in [1.29, 1.82) is 0 Å². The quantitative estimate of drug-likeness (QED) is 0.841. The molecule has 138 valence electrons. The molecule has 3 heterocycles. The van der Waals surface area contributed by atoms with Gasteiger partial charge in [-0.05, 0) is 31.9 Å². The first-order valence-corrected chi connectivity index (χ1v) is 9.31. The zero-order chi connectivity index (χ0) is 17.9. The molecule has 1 fully saturated rings. The molecule has 0 radical (unpaired) electrons. The summed E-state index contributed by atoms with van der Waals surface area (Å²) >= 11 is 0. The molecule has 1 aromatic heterocycles. The highest BCUT2D eigenvalue weighted by molar-refractivity contribution is 5.76. The van der Waals surface area contributed by atoms with Crippen molar-refractivity contribution in [2.45, 2.75) is 39.0 Å².